The van der Waals surface area contributed by atoms with Crippen LogP contribution >= 0.6 is 0 Å². The lowest BCUT2D eigenvalue weighted by atomic mass is 10.2. The van der Waals surface area contributed by atoms with Crippen LogP contribution in [0, 0.1) is 0 Å². The second-order valence-electron chi connectivity index (χ2n) is 3.35. The Bertz CT molecular complexity index is 155. The van der Waals surface area contributed by atoms with E-state index in [2.05, 4.69) is 5.32 Å². The van der Waals surface area contributed by atoms with Crippen molar-refractivity contribution in [1.29, 1.82) is 0 Å². The molecule has 1 saturated carbocycles. The molecule has 0 aromatic heterocycles. The Balaban J connectivity index is 2.06. The minimum absolute atomic E-state index is 0.0989. The van der Waals surface area contributed by atoms with Crippen molar-refractivity contribution in [3.63, 3.8) is 0 Å². The van der Waals surface area contributed by atoms with Crippen LogP contribution in [0.4, 0.5) is 0 Å². The second kappa shape index (κ2) is 4.45. The number of esters is 1. The number of nitrogens with one attached hydrogen (secondary N) is 1. The molecule has 0 amide bonds. The summed E-state index contributed by atoms with van der Waals surface area (Å²) in [7, 11) is 0. The van der Waals surface area contributed by atoms with Gasteiger partial charge in [0.15, 0.2) is 0 Å². The van der Waals surface area contributed by atoms with Gasteiger partial charge in [0.05, 0.1) is 13.0 Å². The normalized spacial score (nSPS) is 18.8. The molecule has 0 aromatic carbocycles. The minimum Gasteiger partial charge on any atom is -0.466 e. The van der Waals surface area contributed by atoms with E-state index in [1.54, 1.807) is 0 Å². The zero-order chi connectivity index (χ0) is 8.97. The molecule has 1 aliphatic rings. The van der Waals surface area contributed by atoms with E-state index in [1.165, 1.54) is 12.8 Å². The van der Waals surface area contributed by atoms with Gasteiger partial charge in [-0.3, -0.25) is 4.79 Å². The van der Waals surface area contributed by atoms with Gasteiger partial charge in [-0.2, -0.15) is 0 Å². The highest BCUT2D eigenvalue weighted by Crippen LogP contribution is 2.19. The first-order valence-electron chi connectivity index (χ1n) is 4.64. The summed E-state index contributed by atoms with van der Waals surface area (Å²) < 4.78 is 4.84. The molecule has 12 heavy (non-hydrogen) atoms. The highest BCUT2D eigenvalue weighted by molar-refractivity contribution is 5.70. The third-order valence-electron chi connectivity index (χ3n) is 1.88. The molecule has 0 radical (unpaired) electrons. The maximum Gasteiger partial charge on any atom is 0.307 e. The van der Waals surface area contributed by atoms with Crippen molar-refractivity contribution in [2.24, 2.45) is 0 Å². The zero-order valence-electron chi connectivity index (χ0n) is 7.80. The van der Waals surface area contributed by atoms with Crippen LogP contribution in [-0.2, 0) is 9.53 Å². The molecule has 1 N–H and O–H groups in total. The van der Waals surface area contributed by atoms with Gasteiger partial charge in [0.2, 0.25) is 0 Å². The Morgan fingerprint density at radius 3 is 2.83 bits per heavy atom. The van der Waals surface area contributed by atoms with E-state index < -0.39 is 0 Å². The summed E-state index contributed by atoms with van der Waals surface area (Å²) in [6.07, 6.45) is 3.00. The van der Waals surface area contributed by atoms with E-state index in [0.29, 0.717) is 19.1 Å². The van der Waals surface area contributed by atoms with Gasteiger partial charge >= 0.3 is 5.97 Å². The molecule has 1 aliphatic carbocycles. The van der Waals surface area contributed by atoms with Crippen molar-refractivity contribution in [3.8, 4) is 0 Å². The lowest BCUT2D eigenvalue weighted by Crippen LogP contribution is -2.30. The highest BCUT2D eigenvalue weighted by Gasteiger charge is 2.23. The summed E-state index contributed by atoms with van der Waals surface area (Å²) in [4.78, 5) is 11.0. The van der Waals surface area contributed by atoms with Crippen LogP contribution in [-0.4, -0.2) is 24.7 Å². The molecule has 3 nitrogen and oxygen atoms in total. The summed E-state index contributed by atoms with van der Waals surface area (Å²) in [5.74, 6) is -0.0989. The molecular formula is C9H17NO2. The number of carbonyl (C=O) groups is 1. The Labute approximate surface area is 73.5 Å². The highest BCUT2D eigenvalue weighted by atomic mass is 16.5. The van der Waals surface area contributed by atoms with Gasteiger partial charge in [0.25, 0.3) is 0 Å². The predicted octanol–water partition coefficient (Wildman–Crippen LogP) is 1.08. The first-order chi connectivity index (χ1) is 5.72. The van der Waals surface area contributed by atoms with Crippen molar-refractivity contribution in [2.75, 3.05) is 6.61 Å². The van der Waals surface area contributed by atoms with Crippen LogP contribution < -0.4 is 5.32 Å². The number of ether oxygens (including phenoxy) is 1. The quantitative estimate of drug-likeness (QED) is 0.629. The van der Waals surface area contributed by atoms with Crippen LogP contribution in [0.1, 0.15) is 33.1 Å². The Kier molecular flexibility index (Phi) is 3.53. The van der Waals surface area contributed by atoms with E-state index in [0.717, 1.165) is 0 Å². The molecule has 1 fully saturated rings. The minimum atomic E-state index is -0.0989. The summed E-state index contributed by atoms with van der Waals surface area (Å²) in [5.41, 5.74) is 0. The Hall–Kier alpha value is -0.570. The van der Waals surface area contributed by atoms with Crippen LogP contribution in [0.25, 0.3) is 0 Å². The van der Waals surface area contributed by atoms with Gasteiger partial charge in [-0.1, -0.05) is 0 Å². The van der Waals surface area contributed by atoms with Crippen molar-refractivity contribution < 1.29 is 9.53 Å². The SMILES string of the molecule is CCOC(=O)C[C@@H](C)NC1CC1. The van der Waals surface area contributed by atoms with Crippen molar-refractivity contribution in [2.45, 2.75) is 45.2 Å². The van der Waals surface area contributed by atoms with E-state index in [1.807, 2.05) is 13.8 Å². The molecule has 1 atom stereocenters. The number of carbonyl (C=O) groups excluding carboxylic acids is 1. The van der Waals surface area contributed by atoms with Gasteiger partial charge < -0.3 is 10.1 Å². The first-order valence-corrected chi connectivity index (χ1v) is 4.64. The fourth-order valence-corrected chi connectivity index (χ4v) is 1.18. The zero-order valence-corrected chi connectivity index (χ0v) is 7.80. The Morgan fingerprint density at radius 1 is 1.67 bits per heavy atom. The number of hydrogen-bond donors (Lipinski definition) is 1. The van der Waals surface area contributed by atoms with Gasteiger partial charge in [-0.05, 0) is 26.7 Å². The van der Waals surface area contributed by atoms with Gasteiger partial charge in [0, 0.05) is 12.1 Å². The maximum atomic E-state index is 11.0. The van der Waals surface area contributed by atoms with E-state index >= 15 is 0 Å². The third kappa shape index (κ3) is 3.72. The summed E-state index contributed by atoms with van der Waals surface area (Å²) in [6, 6.07) is 0.922. The van der Waals surface area contributed by atoms with E-state index in [4.69, 9.17) is 4.74 Å². The van der Waals surface area contributed by atoms with Crippen molar-refractivity contribution in [3.05, 3.63) is 0 Å². The average Bonchev–Trinajstić information content (AvgIpc) is 2.71. The van der Waals surface area contributed by atoms with Gasteiger partial charge in [-0.25, -0.2) is 0 Å². The molecule has 0 aliphatic heterocycles. The summed E-state index contributed by atoms with van der Waals surface area (Å²) >= 11 is 0. The summed E-state index contributed by atoms with van der Waals surface area (Å²) in [6.45, 7) is 4.33. The van der Waals surface area contributed by atoms with Crippen LogP contribution in [0.5, 0.6) is 0 Å². The topological polar surface area (TPSA) is 38.3 Å². The van der Waals surface area contributed by atoms with Gasteiger partial charge in [-0.15, -0.1) is 0 Å². The first kappa shape index (κ1) is 9.52. The predicted molar refractivity (Wildman–Crippen MR) is 46.9 cm³/mol. The Morgan fingerprint density at radius 2 is 2.33 bits per heavy atom. The van der Waals surface area contributed by atoms with Crippen LogP contribution in [0.2, 0.25) is 0 Å². The average molecular weight is 171 g/mol. The molecule has 1 rings (SSSR count). The van der Waals surface area contributed by atoms with Crippen molar-refractivity contribution in [1.82, 2.24) is 5.32 Å². The molecular weight excluding hydrogens is 154 g/mol. The third-order valence-corrected chi connectivity index (χ3v) is 1.88. The molecule has 70 valence electrons. The lowest BCUT2D eigenvalue weighted by molar-refractivity contribution is -0.143. The van der Waals surface area contributed by atoms with Crippen molar-refractivity contribution >= 4 is 5.97 Å². The van der Waals surface area contributed by atoms with Gasteiger partial charge in [0.1, 0.15) is 0 Å². The largest absolute Gasteiger partial charge is 0.466 e. The van der Waals surface area contributed by atoms with E-state index in [9.17, 15) is 4.79 Å². The monoisotopic (exact) mass is 171 g/mol. The van der Waals surface area contributed by atoms with Crippen LogP contribution in [0.3, 0.4) is 0 Å². The molecule has 0 bridgehead atoms. The number of rotatable bonds is 5. The maximum absolute atomic E-state index is 11.0. The molecule has 0 unspecified atom stereocenters. The standard InChI is InChI=1S/C9H17NO2/c1-3-12-9(11)6-7(2)10-8-4-5-8/h7-8,10H,3-6H2,1-2H3/t7-/m1/s1. The molecule has 0 saturated heterocycles. The van der Waals surface area contributed by atoms with Crippen LogP contribution in [0.15, 0.2) is 0 Å². The summed E-state index contributed by atoms with van der Waals surface area (Å²) in [5, 5.41) is 3.34. The molecule has 0 heterocycles. The molecule has 0 spiro atoms. The molecule has 3 heteroatoms. The fraction of sp³-hybridized carbons (Fsp3) is 0.889. The van der Waals surface area contributed by atoms with E-state index in [-0.39, 0.29) is 12.0 Å². The fourth-order valence-electron chi connectivity index (χ4n) is 1.18. The molecule has 0 aromatic rings. The number of hydrogen-bond acceptors (Lipinski definition) is 3. The second-order valence-corrected chi connectivity index (χ2v) is 3.35. The smallest absolute Gasteiger partial charge is 0.307 e. The lowest BCUT2D eigenvalue weighted by Gasteiger charge is -2.11.